The van der Waals surface area contributed by atoms with Crippen LogP contribution in [0.2, 0.25) is 0 Å². The van der Waals surface area contributed by atoms with E-state index in [4.69, 9.17) is 0 Å². The standard InChI is InChI=1S/C22H23BrN4O4/c23-15-5-1-2-6-16(15)25-21(31)26-17-7-3-4-14(18(17)28)19(29)27-12-9-22(10-13-27)8-11-24-20(22)30/h1-7,28H,8-13H2,(H,24,30)(H2,25,26,31). The topological polar surface area (TPSA) is 111 Å². The molecule has 0 radical (unpaired) electrons. The van der Waals surface area contributed by atoms with Gasteiger partial charge < -0.3 is 26.0 Å². The molecule has 1 spiro atoms. The third-order valence-corrected chi connectivity index (χ3v) is 6.71. The first-order chi connectivity index (χ1) is 14.9. The third-order valence-electron chi connectivity index (χ3n) is 6.02. The van der Waals surface area contributed by atoms with E-state index in [2.05, 4.69) is 31.9 Å². The molecular formula is C22H23BrN4O4. The van der Waals surface area contributed by atoms with Gasteiger partial charge in [0.15, 0.2) is 5.75 Å². The summed E-state index contributed by atoms with van der Waals surface area (Å²) in [5, 5.41) is 18.8. The number of phenols is 1. The van der Waals surface area contributed by atoms with E-state index in [1.165, 1.54) is 12.1 Å². The maximum absolute atomic E-state index is 13.0. The van der Waals surface area contributed by atoms with Gasteiger partial charge in [0.2, 0.25) is 5.91 Å². The van der Waals surface area contributed by atoms with Crippen molar-refractivity contribution in [3.63, 3.8) is 0 Å². The molecule has 9 heteroatoms. The predicted molar refractivity (Wildman–Crippen MR) is 120 cm³/mol. The molecule has 0 aliphatic carbocycles. The summed E-state index contributed by atoms with van der Waals surface area (Å²) in [6.07, 6.45) is 2.01. The summed E-state index contributed by atoms with van der Waals surface area (Å²) < 4.78 is 0.720. The quantitative estimate of drug-likeness (QED) is 0.497. The summed E-state index contributed by atoms with van der Waals surface area (Å²) in [4.78, 5) is 39.2. The Morgan fingerprint density at radius 1 is 1.00 bits per heavy atom. The number of likely N-dealkylation sites (tertiary alicyclic amines) is 1. The van der Waals surface area contributed by atoms with Crippen LogP contribution in [0.5, 0.6) is 5.75 Å². The van der Waals surface area contributed by atoms with Crippen molar-refractivity contribution in [3.05, 3.63) is 52.5 Å². The minimum absolute atomic E-state index is 0.0738. The highest BCUT2D eigenvalue weighted by Gasteiger charge is 2.45. The van der Waals surface area contributed by atoms with Gasteiger partial charge in [-0.25, -0.2) is 4.79 Å². The average molecular weight is 487 g/mol. The number of amides is 4. The number of benzene rings is 2. The minimum atomic E-state index is -0.543. The van der Waals surface area contributed by atoms with Gasteiger partial charge in [-0.2, -0.15) is 0 Å². The number of nitrogens with one attached hydrogen (secondary N) is 3. The molecule has 0 bridgehead atoms. The zero-order valence-electron chi connectivity index (χ0n) is 16.8. The fraction of sp³-hybridized carbons (Fsp3) is 0.318. The number of piperidine rings is 1. The molecule has 2 fully saturated rings. The van der Waals surface area contributed by atoms with E-state index in [0.717, 1.165) is 10.9 Å². The summed E-state index contributed by atoms with van der Waals surface area (Å²) in [5.41, 5.74) is 0.459. The van der Waals surface area contributed by atoms with Gasteiger partial charge in [0, 0.05) is 24.1 Å². The number of aromatic hydroxyl groups is 1. The van der Waals surface area contributed by atoms with Crippen LogP contribution in [-0.4, -0.2) is 47.5 Å². The monoisotopic (exact) mass is 486 g/mol. The van der Waals surface area contributed by atoms with Crippen LogP contribution >= 0.6 is 15.9 Å². The Morgan fingerprint density at radius 3 is 2.35 bits per heavy atom. The first kappa shape index (κ1) is 21.2. The molecule has 4 rings (SSSR count). The van der Waals surface area contributed by atoms with E-state index in [-0.39, 0.29) is 34.2 Å². The van der Waals surface area contributed by atoms with Crippen LogP contribution in [0.15, 0.2) is 46.9 Å². The van der Waals surface area contributed by atoms with Gasteiger partial charge in [-0.05, 0) is 59.5 Å². The lowest BCUT2D eigenvalue weighted by Gasteiger charge is -2.37. The molecule has 8 nitrogen and oxygen atoms in total. The van der Waals surface area contributed by atoms with E-state index >= 15 is 0 Å². The third kappa shape index (κ3) is 4.23. The zero-order valence-corrected chi connectivity index (χ0v) is 18.4. The van der Waals surface area contributed by atoms with Gasteiger partial charge in [-0.15, -0.1) is 0 Å². The highest BCUT2D eigenvalue weighted by molar-refractivity contribution is 9.10. The number of carbonyl (C=O) groups excluding carboxylic acids is 3. The van der Waals surface area contributed by atoms with Gasteiger partial charge in [0.1, 0.15) is 0 Å². The number of rotatable bonds is 3. The van der Waals surface area contributed by atoms with Crippen LogP contribution in [0.3, 0.4) is 0 Å². The molecule has 4 amide bonds. The van der Waals surface area contributed by atoms with Gasteiger partial charge in [-0.1, -0.05) is 18.2 Å². The number of halogens is 1. The van der Waals surface area contributed by atoms with E-state index in [0.29, 0.717) is 38.2 Å². The van der Waals surface area contributed by atoms with Crippen LogP contribution in [0.4, 0.5) is 16.2 Å². The number of anilines is 2. The van der Waals surface area contributed by atoms with Crippen LogP contribution in [-0.2, 0) is 4.79 Å². The van der Waals surface area contributed by atoms with Crippen molar-refractivity contribution < 1.29 is 19.5 Å². The van der Waals surface area contributed by atoms with E-state index in [1.807, 2.05) is 6.07 Å². The second-order valence-corrected chi connectivity index (χ2v) is 8.69. The fourth-order valence-electron chi connectivity index (χ4n) is 4.16. The minimum Gasteiger partial charge on any atom is -0.505 e. The van der Waals surface area contributed by atoms with Crippen molar-refractivity contribution in [2.45, 2.75) is 19.3 Å². The number of urea groups is 1. The van der Waals surface area contributed by atoms with Crippen molar-refractivity contribution in [1.82, 2.24) is 10.2 Å². The van der Waals surface area contributed by atoms with Crippen LogP contribution in [0, 0.1) is 5.41 Å². The van der Waals surface area contributed by atoms with Crippen LogP contribution in [0.25, 0.3) is 0 Å². The summed E-state index contributed by atoms with van der Waals surface area (Å²) in [7, 11) is 0. The highest BCUT2D eigenvalue weighted by atomic mass is 79.9. The molecule has 0 aromatic heterocycles. The van der Waals surface area contributed by atoms with Gasteiger partial charge in [-0.3, -0.25) is 9.59 Å². The number of nitrogens with zero attached hydrogens (tertiary/aromatic N) is 1. The summed E-state index contributed by atoms with van der Waals surface area (Å²) in [6, 6.07) is 11.3. The summed E-state index contributed by atoms with van der Waals surface area (Å²) >= 11 is 3.36. The largest absolute Gasteiger partial charge is 0.505 e. The zero-order chi connectivity index (χ0) is 22.0. The van der Waals surface area contributed by atoms with Crippen molar-refractivity contribution in [2.24, 2.45) is 5.41 Å². The lowest BCUT2D eigenvalue weighted by Crippen LogP contribution is -2.46. The Morgan fingerprint density at radius 2 is 1.68 bits per heavy atom. The maximum Gasteiger partial charge on any atom is 0.323 e. The predicted octanol–water partition coefficient (Wildman–Crippen LogP) is 3.54. The molecule has 31 heavy (non-hydrogen) atoms. The van der Waals surface area contributed by atoms with Crippen molar-refractivity contribution in [1.29, 1.82) is 0 Å². The Balaban J connectivity index is 1.44. The number of para-hydroxylation sites is 2. The average Bonchev–Trinajstić information content (AvgIpc) is 3.11. The Hall–Kier alpha value is -3.07. The molecule has 0 atom stereocenters. The van der Waals surface area contributed by atoms with Crippen LogP contribution < -0.4 is 16.0 Å². The lowest BCUT2D eigenvalue weighted by molar-refractivity contribution is -0.129. The van der Waals surface area contributed by atoms with Crippen LogP contribution in [0.1, 0.15) is 29.6 Å². The molecular weight excluding hydrogens is 464 g/mol. The number of phenolic OH excluding ortho intramolecular Hbond substituents is 1. The summed E-state index contributed by atoms with van der Waals surface area (Å²) in [6.45, 7) is 1.58. The molecule has 0 unspecified atom stereocenters. The molecule has 2 aromatic rings. The van der Waals surface area contributed by atoms with E-state index in [1.54, 1.807) is 29.2 Å². The normalized spacial score (nSPS) is 17.3. The SMILES string of the molecule is O=C(Nc1ccccc1Br)Nc1cccc(C(=O)N2CCC3(CCNC3=O)CC2)c1O. The Labute approximate surface area is 188 Å². The van der Waals surface area contributed by atoms with Crippen molar-refractivity contribution in [3.8, 4) is 5.75 Å². The fourth-order valence-corrected chi connectivity index (χ4v) is 4.54. The van der Waals surface area contributed by atoms with Gasteiger partial charge in [0.25, 0.3) is 5.91 Å². The molecule has 2 heterocycles. The first-order valence-corrected chi connectivity index (χ1v) is 10.9. The summed E-state index contributed by atoms with van der Waals surface area (Å²) in [5.74, 6) is -0.529. The van der Waals surface area contributed by atoms with E-state index < -0.39 is 6.03 Å². The van der Waals surface area contributed by atoms with Crippen molar-refractivity contribution >= 4 is 45.2 Å². The highest BCUT2D eigenvalue weighted by Crippen LogP contribution is 2.39. The first-order valence-electron chi connectivity index (χ1n) is 10.1. The number of hydrogen-bond donors (Lipinski definition) is 4. The van der Waals surface area contributed by atoms with Gasteiger partial charge >= 0.3 is 6.03 Å². The molecule has 4 N–H and O–H groups in total. The number of hydrogen-bond acceptors (Lipinski definition) is 4. The maximum atomic E-state index is 13.0. The van der Waals surface area contributed by atoms with Gasteiger partial charge in [0.05, 0.1) is 22.4 Å². The molecule has 0 saturated carbocycles. The second kappa shape index (κ2) is 8.58. The molecule has 162 valence electrons. The van der Waals surface area contributed by atoms with E-state index in [9.17, 15) is 19.5 Å². The molecule has 2 saturated heterocycles. The van der Waals surface area contributed by atoms with Crippen molar-refractivity contribution in [2.75, 3.05) is 30.3 Å². The number of carbonyl (C=O) groups is 3. The molecule has 2 aromatic carbocycles. The lowest BCUT2D eigenvalue weighted by atomic mass is 9.77. The Bertz CT molecular complexity index is 1030. The molecule has 2 aliphatic rings. The second-order valence-electron chi connectivity index (χ2n) is 7.84. The molecule has 2 aliphatic heterocycles. The Kier molecular flexibility index (Phi) is 5.86. The smallest absolute Gasteiger partial charge is 0.323 e.